The van der Waals surface area contributed by atoms with Crippen LogP contribution in [0.4, 0.5) is 11.4 Å². The summed E-state index contributed by atoms with van der Waals surface area (Å²) in [7, 11) is 1.67. The lowest BCUT2D eigenvalue weighted by atomic mass is 10.2. The van der Waals surface area contributed by atoms with Crippen molar-refractivity contribution >= 4 is 23.0 Å². The number of benzene rings is 2. The molecule has 0 aromatic heterocycles. The monoisotopic (exact) mass is 290 g/mol. The maximum atomic E-state index is 5.99. The Bertz CT molecular complexity index is 572. The van der Waals surface area contributed by atoms with Crippen LogP contribution in [0.3, 0.4) is 0 Å². The van der Waals surface area contributed by atoms with E-state index in [9.17, 15) is 0 Å². The molecule has 106 valence electrons. The molecule has 2 rings (SSSR count). The maximum Gasteiger partial charge on any atom is 0.120 e. The molecule has 2 aromatic carbocycles. The lowest BCUT2D eigenvalue weighted by molar-refractivity contribution is 0.415. The zero-order chi connectivity index (χ0) is 14.4. The van der Waals surface area contributed by atoms with E-state index in [0.29, 0.717) is 0 Å². The second-order valence-electron chi connectivity index (χ2n) is 4.54. The van der Waals surface area contributed by atoms with E-state index in [1.165, 1.54) is 5.56 Å². The third kappa shape index (κ3) is 4.07. The van der Waals surface area contributed by atoms with Gasteiger partial charge in [-0.1, -0.05) is 23.7 Å². The lowest BCUT2D eigenvalue weighted by Crippen LogP contribution is -2.14. The van der Waals surface area contributed by atoms with Crippen LogP contribution in [0.15, 0.2) is 42.5 Å². The summed E-state index contributed by atoms with van der Waals surface area (Å²) in [5.74, 6) is 0.855. The third-order valence-corrected chi connectivity index (χ3v) is 3.27. The van der Waals surface area contributed by atoms with Crippen molar-refractivity contribution in [3.05, 3.63) is 53.1 Å². The van der Waals surface area contributed by atoms with Crippen LogP contribution >= 0.6 is 11.6 Å². The van der Waals surface area contributed by atoms with Gasteiger partial charge in [0, 0.05) is 35.6 Å². The number of aryl methyl sites for hydroxylation is 1. The fourth-order valence-electron chi connectivity index (χ4n) is 1.92. The van der Waals surface area contributed by atoms with E-state index in [1.54, 1.807) is 7.11 Å². The molecule has 4 heteroatoms. The molecule has 2 N–H and O–H groups in total. The molecular weight excluding hydrogens is 272 g/mol. The Hall–Kier alpha value is -1.87. The first-order chi connectivity index (χ1) is 9.69. The minimum atomic E-state index is 0.749. The zero-order valence-corrected chi connectivity index (χ0v) is 12.5. The molecule has 0 aliphatic rings. The van der Waals surface area contributed by atoms with Crippen molar-refractivity contribution in [3.63, 3.8) is 0 Å². The summed E-state index contributed by atoms with van der Waals surface area (Å²) in [4.78, 5) is 0. The number of hydrogen-bond acceptors (Lipinski definition) is 3. The molecule has 0 spiro atoms. The van der Waals surface area contributed by atoms with Crippen LogP contribution in [-0.4, -0.2) is 20.2 Å². The highest BCUT2D eigenvalue weighted by molar-refractivity contribution is 6.30. The van der Waals surface area contributed by atoms with E-state index in [0.717, 1.165) is 35.2 Å². The molecule has 0 radical (unpaired) electrons. The second-order valence-corrected chi connectivity index (χ2v) is 4.98. The van der Waals surface area contributed by atoms with Crippen LogP contribution < -0.4 is 15.4 Å². The number of nitrogens with one attached hydrogen (secondary N) is 2. The normalized spacial score (nSPS) is 10.2. The minimum absolute atomic E-state index is 0.749. The summed E-state index contributed by atoms with van der Waals surface area (Å²) in [6, 6.07) is 13.8. The average molecular weight is 291 g/mol. The van der Waals surface area contributed by atoms with Crippen LogP contribution in [0.5, 0.6) is 5.75 Å². The molecule has 2 aromatic rings. The van der Waals surface area contributed by atoms with Crippen molar-refractivity contribution in [2.24, 2.45) is 0 Å². The minimum Gasteiger partial charge on any atom is -0.497 e. The highest BCUT2D eigenvalue weighted by Crippen LogP contribution is 2.20. The van der Waals surface area contributed by atoms with Gasteiger partial charge in [-0.25, -0.2) is 0 Å². The molecule has 0 heterocycles. The first-order valence-corrected chi connectivity index (χ1v) is 6.95. The fourth-order valence-corrected chi connectivity index (χ4v) is 2.09. The molecule has 0 unspecified atom stereocenters. The summed E-state index contributed by atoms with van der Waals surface area (Å²) < 4.78 is 5.19. The quantitative estimate of drug-likeness (QED) is 0.783. The molecule has 0 saturated heterocycles. The zero-order valence-electron chi connectivity index (χ0n) is 11.7. The van der Waals surface area contributed by atoms with Gasteiger partial charge in [-0.15, -0.1) is 0 Å². The summed E-state index contributed by atoms with van der Waals surface area (Å²) in [6.07, 6.45) is 0. The van der Waals surface area contributed by atoms with Crippen LogP contribution in [0.2, 0.25) is 5.02 Å². The van der Waals surface area contributed by atoms with E-state index in [-0.39, 0.29) is 0 Å². The van der Waals surface area contributed by atoms with Crippen molar-refractivity contribution in [1.82, 2.24) is 0 Å². The van der Waals surface area contributed by atoms with Gasteiger partial charge in [-0.3, -0.25) is 0 Å². The third-order valence-electron chi connectivity index (χ3n) is 3.04. The number of anilines is 2. The first kappa shape index (κ1) is 14.5. The van der Waals surface area contributed by atoms with Gasteiger partial charge in [0.15, 0.2) is 0 Å². The average Bonchev–Trinajstić information content (AvgIpc) is 2.47. The number of ether oxygens (including phenoxy) is 1. The predicted octanol–water partition coefficient (Wildman–Crippen LogP) is 4.18. The van der Waals surface area contributed by atoms with Crippen LogP contribution in [0.25, 0.3) is 0 Å². The van der Waals surface area contributed by atoms with Crippen molar-refractivity contribution in [1.29, 1.82) is 0 Å². The van der Waals surface area contributed by atoms with Crippen molar-refractivity contribution < 1.29 is 4.74 Å². The Labute approximate surface area is 124 Å². The van der Waals surface area contributed by atoms with Gasteiger partial charge in [-0.2, -0.15) is 0 Å². The SMILES string of the molecule is COc1cccc(NCCNc2cc(Cl)ccc2C)c1. The molecule has 0 aliphatic heterocycles. The summed E-state index contributed by atoms with van der Waals surface area (Å²) in [6.45, 7) is 3.70. The number of methoxy groups -OCH3 is 1. The maximum absolute atomic E-state index is 5.99. The van der Waals surface area contributed by atoms with Crippen LogP contribution in [-0.2, 0) is 0 Å². The van der Waals surface area contributed by atoms with Crippen molar-refractivity contribution in [2.45, 2.75) is 6.92 Å². The van der Waals surface area contributed by atoms with Gasteiger partial charge < -0.3 is 15.4 Å². The first-order valence-electron chi connectivity index (χ1n) is 6.57. The Morgan fingerprint density at radius 2 is 1.85 bits per heavy atom. The number of hydrogen-bond donors (Lipinski definition) is 2. The largest absolute Gasteiger partial charge is 0.497 e. The highest BCUT2D eigenvalue weighted by Gasteiger charge is 1.99. The molecule has 0 atom stereocenters. The Balaban J connectivity index is 1.82. The van der Waals surface area contributed by atoms with Crippen molar-refractivity contribution in [2.75, 3.05) is 30.8 Å². The Kier molecular flexibility index (Phi) is 5.13. The molecule has 0 saturated carbocycles. The van der Waals surface area contributed by atoms with E-state index in [4.69, 9.17) is 16.3 Å². The van der Waals surface area contributed by atoms with Gasteiger partial charge in [0.1, 0.15) is 5.75 Å². The van der Waals surface area contributed by atoms with Gasteiger partial charge in [-0.05, 0) is 36.8 Å². The Morgan fingerprint density at radius 1 is 1.05 bits per heavy atom. The Morgan fingerprint density at radius 3 is 2.65 bits per heavy atom. The molecule has 0 bridgehead atoms. The lowest BCUT2D eigenvalue weighted by Gasteiger charge is -2.12. The molecule has 20 heavy (non-hydrogen) atoms. The molecule has 0 amide bonds. The van der Waals surface area contributed by atoms with Crippen molar-refractivity contribution in [3.8, 4) is 5.75 Å². The summed E-state index contributed by atoms with van der Waals surface area (Å²) in [5.41, 5.74) is 3.31. The molecule has 0 aliphatic carbocycles. The fraction of sp³-hybridized carbons (Fsp3) is 0.250. The number of rotatable bonds is 6. The standard InChI is InChI=1S/C16H19ClN2O/c1-12-6-7-13(17)10-16(12)19-9-8-18-14-4-3-5-15(11-14)20-2/h3-7,10-11,18-19H,8-9H2,1-2H3. The summed E-state index contributed by atoms with van der Waals surface area (Å²) >= 11 is 5.99. The smallest absolute Gasteiger partial charge is 0.120 e. The van der Waals surface area contributed by atoms with E-state index in [2.05, 4.69) is 17.6 Å². The topological polar surface area (TPSA) is 33.3 Å². The van der Waals surface area contributed by atoms with E-state index in [1.807, 2.05) is 42.5 Å². The van der Waals surface area contributed by atoms with Gasteiger partial charge >= 0.3 is 0 Å². The van der Waals surface area contributed by atoms with Gasteiger partial charge in [0.2, 0.25) is 0 Å². The van der Waals surface area contributed by atoms with E-state index >= 15 is 0 Å². The molecule has 0 fully saturated rings. The molecular formula is C16H19ClN2O. The summed E-state index contributed by atoms with van der Waals surface area (Å²) in [5, 5.41) is 7.47. The van der Waals surface area contributed by atoms with E-state index < -0.39 is 0 Å². The number of halogens is 1. The van der Waals surface area contributed by atoms with Gasteiger partial charge in [0.05, 0.1) is 7.11 Å². The predicted molar refractivity (Wildman–Crippen MR) is 86.2 cm³/mol. The highest BCUT2D eigenvalue weighted by atomic mass is 35.5. The van der Waals surface area contributed by atoms with Crippen LogP contribution in [0.1, 0.15) is 5.56 Å². The molecule has 3 nitrogen and oxygen atoms in total. The van der Waals surface area contributed by atoms with Crippen LogP contribution in [0, 0.1) is 6.92 Å². The second kappa shape index (κ2) is 7.06. The van der Waals surface area contributed by atoms with Gasteiger partial charge in [0.25, 0.3) is 0 Å².